The standard InChI is InChI=1S/C6H4O4/c1-4(2-7)5(3-8)6(9)10/h1H3,(H,9,10). The van der Waals surface area contributed by atoms with Gasteiger partial charge in [-0.05, 0) is 6.92 Å². The van der Waals surface area contributed by atoms with Gasteiger partial charge in [0.05, 0.1) is 5.57 Å². The van der Waals surface area contributed by atoms with Crippen LogP contribution in [0.15, 0.2) is 11.1 Å². The lowest BCUT2D eigenvalue weighted by molar-refractivity contribution is -0.132. The summed E-state index contributed by atoms with van der Waals surface area (Å²) in [7, 11) is 0. The van der Waals surface area contributed by atoms with Gasteiger partial charge in [-0.1, -0.05) is 0 Å². The first-order valence-electron chi connectivity index (χ1n) is 2.34. The van der Waals surface area contributed by atoms with E-state index >= 15 is 0 Å². The smallest absolute Gasteiger partial charge is 0.348 e. The summed E-state index contributed by atoms with van der Waals surface area (Å²) in [6.45, 7) is 1.18. The molecule has 0 fully saturated rings. The highest BCUT2D eigenvalue weighted by atomic mass is 16.4. The Labute approximate surface area is 56.5 Å². The van der Waals surface area contributed by atoms with Crippen LogP contribution in [0, 0.1) is 0 Å². The van der Waals surface area contributed by atoms with Crippen molar-refractivity contribution in [3.8, 4) is 0 Å². The monoisotopic (exact) mass is 140 g/mol. The minimum Gasteiger partial charge on any atom is -0.477 e. The average molecular weight is 140 g/mol. The summed E-state index contributed by atoms with van der Waals surface area (Å²) < 4.78 is 0. The molecule has 0 aromatic rings. The first kappa shape index (κ1) is 8.37. The van der Waals surface area contributed by atoms with E-state index in [9.17, 15) is 14.4 Å². The lowest BCUT2D eigenvalue weighted by atomic mass is 10.1. The molecule has 0 unspecified atom stereocenters. The van der Waals surface area contributed by atoms with Crippen LogP contribution in [0.4, 0.5) is 0 Å². The third-order valence-electron chi connectivity index (χ3n) is 0.844. The Balaban J connectivity index is 4.92. The van der Waals surface area contributed by atoms with Crippen LogP contribution in [-0.2, 0) is 14.4 Å². The van der Waals surface area contributed by atoms with Crippen LogP contribution in [0.5, 0.6) is 0 Å². The molecule has 0 bridgehead atoms. The van der Waals surface area contributed by atoms with E-state index in [-0.39, 0.29) is 5.57 Å². The van der Waals surface area contributed by atoms with Gasteiger partial charge in [0.1, 0.15) is 11.9 Å². The van der Waals surface area contributed by atoms with E-state index in [2.05, 4.69) is 0 Å². The molecule has 4 heteroatoms. The first-order valence-corrected chi connectivity index (χ1v) is 2.34. The maximum absolute atomic E-state index is 10.0. The van der Waals surface area contributed by atoms with Crippen molar-refractivity contribution >= 4 is 17.9 Å². The Morgan fingerprint density at radius 3 is 1.90 bits per heavy atom. The molecule has 0 saturated heterocycles. The highest BCUT2D eigenvalue weighted by molar-refractivity contribution is 6.02. The molecule has 0 radical (unpaired) electrons. The highest BCUT2D eigenvalue weighted by Crippen LogP contribution is 1.99. The molecular weight excluding hydrogens is 136 g/mol. The van der Waals surface area contributed by atoms with Gasteiger partial charge in [-0.15, -0.1) is 0 Å². The zero-order valence-electron chi connectivity index (χ0n) is 5.17. The van der Waals surface area contributed by atoms with E-state index in [1.165, 1.54) is 12.9 Å². The van der Waals surface area contributed by atoms with Gasteiger partial charge in [-0.3, -0.25) is 0 Å². The number of carboxylic acids is 1. The fourth-order valence-corrected chi connectivity index (χ4v) is 0.332. The Morgan fingerprint density at radius 1 is 1.30 bits per heavy atom. The summed E-state index contributed by atoms with van der Waals surface area (Å²) in [5.74, 6) is 0.941. The molecule has 0 amide bonds. The molecular formula is C6H4O4. The van der Waals surface area contributed by atoms with Gasteiger partial charge in [-0.2, -0.15) is 0 Å². The van der Waals surface area contributed by atoms with Crippen molar-refractivity contribution in [2.45, 2.75) is 6.92 Å². The minimum atomic E-state index is -1.46. The molecule has 0 rings (SSSR count). The van der Waals surface area contributed by atoms with Crippen molar-refractivity contribution in [1.82, 2.24) is 0 Å². The molecule has 10 heavy (non-hydrogen) atoms. The SMILES string of the molecule is CC(=C=O)C(=C=O)C(=O)O. The molecule has 0 spiro atoms. The molecule has 52 valence electrons. The van der Waals surface area contributed by atoms with E-state index in [4.69, 9.17) is 5.11 Å². The Bertz CT molecular complexity index is 251. The average Bonchev–Trinajstić information content (AvgIpc) is 1.88. The van der Waals surface area contributed by atoms with Gasteiger partial charge >= 0.3 is 5.97 Å². The van der Waals surface area contributed by atoms with Crippen molar-refractivity contribution in [2.75, 3.05) is 0 Å². The normalized spacial score (nSPS) is 7.30. The minimum absolute atomic E-state index is 0.248. The highest BCUT2D eigenvalue weighted by Gasteiger charge is 2.10. The van der Waals surface area contributed by atoms with E-state index in [0.717, 1.165) is 5.94 Å². The predicted octanol–water partition coefficient (Wildman–Crippen LogP) is -0.393. The van der Waals surface area contributed by atoms with Gasteiger partial charge in [-0.25, -0.2) is 14.4 Å². The van der Waals surface area contributed by atoms with Crippen molar-refractivity contribution in [3.05, 3.63) is 11.1 Å². The maximum atomic E-state index is 10.0. The van der Waals surface area contributed by atoms with Crippen molar-refractivity contribution in [2.24, 2.45) is 0 Å². The van der Waals surface area contributed by atoms with Crippen LogP contribution in [0.2, 0.25) is 0 Å². The molecule has 0 heterocycles. The van der Waals surface area contributed by atoms with Gasteiger partial charge < -0.3 is 5.11 Å². The van der Waals surface area contributed by atoms with Crippen LogP contribution >= 0.6 is 0 Å². The van der Waals surface area contributed by atoms with Crippen LogP contribution in [0.1, 0.15) is 6.92 Å². The second kappa shape index (κ2) is 3.41. The third kappa shape index (κ3) is 1.71. The molecule has 0 atom stereocenters. The van der Waals surface area contributed by atoms with Crippen LogP contribution in [0.3, 0.4) is 0 Å². The summed E-state index contributed by atoms with van der Waals surface area (Å²) in [5, 5.41) is 8.18. The third-order valence-corrected chi connectivity index (χ3v) is 0.844. The molecule has 0 aromatic heterocycles. The maximum Gasteiger partial charge on any atom is 0.348 e. The molecule has 0 aromatic carbocycles. The van der Waals surface area contributed by atoms with Gasteiger partial charge in [0.15, 0.2) is 5.57 Å². The van der Waals surface area contributed by atoms with Crippen LogP contribution in [-0.4, -0.2) is 23.0 Å². The molecule has 0 aliphatic carbocycles. The number of hydrogen-bond acceptors (Lipinski definition) is 3. The summed E-state index contributed by atoms with van der Waals surface area (Å²) in [6, 6.07) is 0. The van der Waals surface area contributed by atoms with E-state index in [0.29, 0.717) is 0 Å². The number of aliphatic carboxylic acids is 1. The predicted molar refractivity (Wildman–Crippen MR) is 31.7 cm³/mol. The second-order valence-corrected chi connectivity index (χ2v) is 1.51. The lowest BCUT2D eigenvalue weighted by Crippen LogP contribution is -2.02. The van der Waals surface area contributed by atoms with E-state index < -0.39 is 11.5 Å². The number of carbonyl (C=O) groups excluding carboxylic acids is 2. The number of carbonyl (C=O) groups is 1. The zero-order chi connectivity index (χ0) is 8.15. The zero-order valence-corrected chi connectivity index (χ0v) is 5.17. The van der Waals surface area contributed by atoms with Crippen molar-refractivity contribution in [3.63, 3.8) is 0 Å². The number of rotatable bonds is 2. The van der Waals surface area contributed by atoms with Gasteiger partial charge in [0.25, 0.3) is 0 Å². The molecule has 1 N–H and O–H groups in total. The van der Waals surface area contributed by atoms with Gasteiger partial charge in [0.2, 0.25) is 0 Å². The number of hydrogen-bond donors (Lipinski definition) is 1. The summed E-state index contributed by atoms with van der Waals surface area (Å²) in [4.78, 5) is 29.6. The van der Waals surface area contributed by atoms with Crippen LogP contribution < -0.4 is 0 Å². The summed E-state index contributed by atoms with van der Waals surface area (Å²) >= 11 is 0. The Hall–Kier alpha value is -1.63. The Kier molecular flexibility index (Phi) is 2.85. The Morgan fingerprint density at radius 2 is 1.80 bits per heavy atom. The summed E-state index contributed by atoms with van der Waals surface area (Å²) in [6.07, 6.45) is 0. The van der Waals surface area contributed by atoms with E-state index in [1.54, 1.807) is 0 Å². The molecule has 0 aliphatic rings. The van der Waals surface area contributed by atoms with Crippen molar-refractivity contribution < 1.29 is 19.5 Å². The quantitative estimate of drug-likeness (QED) is 0.322. The largest absolute Gasteiger partial charge is 0.477 e. The lowest BCUT2D eigenvalue weighted by Gasteiger charge is -1.87. The molecule has 4 nitrogen and oxygen atoms in total. The fraction of sp³-hybridized carbons (Fsp3) is 0.167. The first-order chi connectivity index (χ1) is 4.63. The fourth-order valence-electron chi connectivity index (χ4n) is 0.332. The van der Waals surface area contributed by atoms with E-state index in [1.807, 2.05) is 0 Å². The van der Waals surface area contributed by atoms with Crippen LogP contribution in [0.25, 0.3) is 0 Å². The molecule has 0 aliphatic heterocycles. The number of carboxylic acid groups (broad SMARTS) is 1. The topological polar surface area (TPSA) is 71.4 Å². The summed E-state index contributed by atoms with van der Waals surface area (Å²) in [5.41, 5.74) is -0.919. The van der Waals surface area contributed by atoms with Crippen molar-refractivity contribution in [1.29, 1.82) is 0 Å². The van der Waals surface area contributed by atoms with Gasteiger partial charge in [0, 0.05) is 0 Å². The second-order valence-electron chi connectivity index (χ2n) is 1.51. The molecule has 0 saturated carbocycles.